The minimum absolute atomic E-state index is 0.0429. The van der Waals surface area contributed by atoms with E-state index in [1.54, 1.807) is 0 Å². The van der Waals surface area contributed by atoms with E-state index >= 15 is 0 Å². The summed E-state index contributed by atoms with van der Waals surface area (Å²) in [6.07, 6.45) is 1.77. The summed E-state index contributed by atoms with van der Waals surface area (Å²) in [7, 11) is 0. The van der Waals surface area contributed by atoms with Crippen molar-refractivity contribution in [1.82, 2.24) is 0 Å². The summed E-state index contributed by atoms with van der Waals surface area (Å²) in [5.41, 5.74) is 0.203. The number of amides is 2. The SMILES string of the molecule is CCC1(CC)CC(=O)N(c2ccc(I)cc2)C1=O. The summed E-state index contributed by atoms with van der Waals surface area (Å²) in [5, 5.41) is 0. The zero-order chi connectivity index (χ0) is 13.3. The van der Waals surface area contributed by atoms with Crippen LogP contribution in [0.1, 0.15) is 33.1 Å². The summed E-state index contributed by atoms with van der Waals surface area (Å²) in [6, 6.07) is 7.49. The maximum absolute atomic E-state index is 12.5. The van der Waals surface area contributed by atoms with E-state index in [1.165, 1.54) is 4.90 Å². The van der Waals surface area contributed by atoms with Crippen LogP contribution in [0, 0.1) is 8.99 Å². The van der Waals surface area contributed by atoms with Gasteiger partial charge < -0.3 is 0 Å². The molecule has 4 heteroatoms. The smallest absolute Gasteiger partial charge is 0.240 e. The molecule has 0 spiro atoms. The average molecular weight is 357 g/mol. The van der Waals surface area contributed by atoms with Crippen LogP contribution in [0.25, 0.3) is 0 Å². The molecule has 0 aromatic heterocycles. The summed E-state index contributed by atoms with van der Waals surface area (Å²) in [4.78, 5) is 25.9. The first-order valence-corrected chi connectivity index (χ1v) is 7.25. The van der Waals surface area contributed by atoms with E-state index in [1.807, 2.05) is 38.1 Å². The quantitative estimate of drug-likeness (QED) is 0.615. The van der Waals surface area contributed by atoms with E-state index in [9.17, 15) is 9.59 Å². The molecule has 0 bridgehead atoms. The molecule has 0 radical (unpaired) electrons. The highest BCUT2D eigenvalue weighted by Gasteiger charge is 2.49. The van der Waals surface area contributed by atoms with E-state index in [4.69, 9.17) is 0 Å². The number of rotatable bonds is 3. The zero-order valence-corrected chi connectivity index (χ0v) is 12.7. The Morgan fingerprint density at radius 1 is 1.17 bits per heavy atom. The van der Waals surface area contributed by atoms with Gasteiger partial charge in [0.15, 0.2) is 0 Å². The molecule has 18 heavy (non-hydrogen) atoms. The third-order valence-corrected chi connectivity index (χ3v) is 4.55. The topological polar surface area (TPSA) is 37.4 Å². The second-order valence-corrected chi connectivity index (χ2v) is 5.92. The van der Waals surface area contributed by atoms with Crippen LogP contribution in [0.2, 0.25) is 0 Å². The number of halogens is 1. The Hall–Kier alpha value is -0.910. The summed E-state index contributed by atoms with van der Waals surface area (Å²) < 4.78 is 1.09. The van der Waals surface area contributed by atoms with Gasteiger partial charge in [-0.2, -0.15) is 0 Å². The number of carbonyl (C=O) groups excluding carboxylic acids is 2. The fourth-order valence-corrected chi connectivity index (χ4v) is 2.81. The van der Waals surface area contributed by atoms with Crippen molar-refractivity contribution in [3.8, 4) is 0 Å². The summed E-state index contributed by atoms with van der Waals surface area (Å²) in [6.45, 7) is 3.96. The molecule has 96 valence electrons. The molecule has 0 aliphatic carbocycles. The van der Waals surface area contributed by atoms with Crippen molar-refractivity contribution in [2.75, 3.05) is 4.90 Å². The highest BCUT2D eigenvalue weighted by molar-refractivity contribution is 14.1. The first-order chi connectivity index (χ1) is 8.54. The number of benzene rings is 1. The number of hydrogen-bond acceptors (Lipinski definition) is 2. The number of imide groups is 1. The third-order valence-electron chi connectivity index (χ3n) is 3.83. The molecular weight excluding hydrogens is 341 g/mol. The highest BCUT2D eigenvalue weighted by atomic mass is 127. The van der Waals surface area contributed by atoms with Crippen LogP contribution in [0.3, 0.4) is 0 Å². The molecule has 0 atom stereocenters. The van der Waals surface area contributed by atoms with E-state index < -0.39 is 5.41 Å². The van der Waals surface area contributed by atoms with Crippen molar-refractivity contribution < 1.29 is 9.59 Å². The van der Waals surface area contributed by atoms with Crippen LogP contribution < -0.4 is 4.90 Å². The average Bonchev–Trinajstić information content (AvgIpc) is 2.63. The number of carbonyl (C=O) groups is 2. The van der Waals surface area contributed by atoms with Gasteiger partial charge in [-0.05, 0) is 59.7 Å². The van der Waals surface area contributed by atoms with Gasteiger partial charge in [-0.1, -0.05) is 13.8 Å². The van der Waals surface area contributed by atoms with Crippen LogP contribution in [0.5, 0.6) is 0 Å². The summed E-state index contributed by atoms with van der Waals surface area (Å²) in [5.74, 6) is -0.122. The maximum atomic E-state index is 12.5. The van der Waals surface area contributed by atoms with E-state index in [0.717, 1.165) is 16.4 Å². The molecule has 1 aromatic carbocycles. The van der Waals surface area contributed by atoms with Crippen molar-refractivity contribution in [1.29, 1.82) is 0 Å². The third kappa shape index (κ3) is 2.06. The zero-order valence-electron chi connectivity index (χ0n) is 10.6. The largest absolute Gasteiger partial charge is 0.274 e. The Morgan fingerprint density at radius 2 is 1.72 bits per heavy atom. The minimum Gasteiger partial charge on any atom is -0.274 e. The van der Waals surface area contributed by atoms with Gasteiger partial charge >= 0.3 is 0 Å². The normalized spacial score (nSPS) is 18.5. The monoisotopic (exact) mass is 357 g/mol. The highest BCUT2D eigenvalue weighted by Crippen LogP contribution is 2.41. The Labute approximate surface area is 121 Å². The van der Waals surface area contributed by atoms with Crippen molar-refractivity contribution >= 4 is 40.1 Å². The van der Waals surface area contributed by atoms with Crippen molar-refractivity contribution in [3.05, 3.63) is 27.8 Å². The van der Waals surface area contributed by atoms with Gasteiger partial charge in [0.05, 0.1) is 11.1 Å². The Balaban J connectivity index is 2.38. The van der Waals surface area contributed by atoms with Crippen molar-refractivity contribution in [2.24, 2.45) is 5.41 Å². The fraction of sp³-hybridized carbons (Fsp3) is 0.429. The lowest BCUT2D eigenvalue weighted by Crippen LogP contribution is -2.35. The molecule has 1 heterocycles. The van der Waals surface area contributed by atoms with Gasteiger partial charge in [0.1, 0.15) is 0 Å². The number of nitrogens with zero attached hydrogens (tertiary/aromatic N) is 1. The Morgan fingerprint density at radius 3 is 2.17 bits per heavy atom. The molecule has 0 N–H and O–H groups in total. The molecule has 1 aromatic rings. The van der Waals surface area contributed by atoms with Gasteiger partial charge in [0, 0.05) is 9.99 Å². The van der Waals surface area contributed by atoms with E-state index in [-0.39, 0.29) is 11.8 Å². The van der Waals surface area contributed by atoms with E-state index in [0.29, 0.717) is 12.1 Å². The molecule has 2 amide bonds. The minimum atomic E-state index is -0.486. The van der Waals surface area contributed by atoms with Crippen LogP contribution >= 0.6 is 22.6 Å². The lowest BCUT2D eigenvalue weighted by atomic mass is 9.81. The molecule has 2 rings (SSSR count). The van der Waals surface area contributed by atoms with Crippen LogP contribution in [-0.2, 0) is 9.59 Å². The first kappa shape index (κ1) is 13.5. The predicted octanol–water partition coefficient (Wildman–Crippen LogP) is 3.36. The van der Waals surface area contributed by atoms with Gasteiger partial charge in [-0.3, -0.25) is 14.5 Å². The standard InChI is InChI=1S/C14H16INO2/c1-3-14(4-2)9-12(17)16(13(14)18)11-7-5-10(15)6-8-11/h5-8H,3-4,9H2,1-2H3. The lowest BCUT2D eigenvalue weighted by molar-refractivity contribution is -0.126. The van der Waals surface area contributed by atoms with Crippen LogP contribution in [0.4, 0.5) is 5.69 Å². The molecule has 1 aliphatic rings. The summed E-state index contributed by atoms with van der Waals surface area (Å²) >= 11 is 2.20. The fourth-order valence-electron chi connectivity index (χ4n) is 2.45. The lowest BCUT2D eigenvalue weighted by Gasteiger charge is -2.23. The van der Waals surface area contributed by atoms with Gasteiger partial charge in [0.2, 0.25) is 11.8 Å². The molecular formula is C14H16INO2. The molecule has 1 aliphatic heterocycles. The van der Waals surface area contributed by atoms with E-state index in [2.05, 4.69) is 22.6 Å². The van der Waals surface area contributed by atoms with Gasteiger partial charge in [-0.15, -0.1) is 0 Å². The molecule has 1 fully saturated rings. The Kier molecular flexibility index (Phi) is 3.75. The molecule has 3 nitrogen and oxygen atoms in total. The predicted molar refractivity (Wildman–Crippen MR) is 79.3 cm³/mol. The second kappa shape index (κ2) is 4.99. The van der Waals surface area contributed by atoms with Crippen LogP contribution in [0.15, 0.2) is 24.3 Å². The number of hydrogen-bond donors (Lipinski definition) is 0. The van der Waals surface area contributed by atoms with Gasteiger partial charge in [-0.25, -0.2) is 0 Å². The first-order valence-electron chi connectivity index (χ1n) is 6.17. The molecule has 0 saturated carbocycles. The van der Waals surface area contributed by atoms with Crippen molar-refractivity contribution in [3.63, 3.8) is 0 Å². The Bertz CT molecular complexity index is 477. The second-order valence-electron chi connectivity index (χ2n) is 4.67. The van der Waals surface area contributed by atoms with Crippen molar-refractivity contribution in [2.45, 2.75) is 33.1 Å². The van der Waals surface area contributed by atoms with Crippen LogP contribution in [-0.4, -0.2) is 11.8 Å². The maximum Gasteiger partial charge on any atom is 0.240 e. The number of anilines is 1. The van der Waals surface area contributed by atoms with Gasteiger partial charge in [0.25, 0.3) is 0 Å². The molecule has 1 saturated heterocycles. The molecule has 0 unspecified atom stereocenters.